The molecule has 56 valence electrons. The summed E-state index contributed by atoms with van der Waals surface area (Å²) in [6.07, 6.45) is 0.914. The van der Waals surface area contributed by atoms with Gasteiger partial charge < -0.3 is 5.32 Å². The summed E-state index contributed by atoms with van der Waals surface area (Å²) in [4.78, 5) is 21.6. The first-order valence-electron chi connectivity index (χ1n) is 3.53. The maximum Gasteiger partial charge on any atom is 0.227 e. The van der Waals surface area contributed by atoms with Gasteiger partial charge in [-0.2, -0.15) is 0 Å². The second-order valence-corrected chi connectivity index (χ2v) is 2.55. The van der Waals surface area contributed by atoms with E-state index < -0.39 is 0 Å². The van der Waals surface area contributed by atoms with Crippen molar-refractivity contribution in [1.82, 2.24) is 5.32 Å². The normalized spacial score (nSPS) is 26.3. The fourth-order valence-electron chi connectivity index (χ4n) is 1.09. The maximum absolute atomic E-state index is 11.0. The van der Waals surface area contributed by atoms with E-state index in [9.17, 15) is 9.59 Å². The van der Waals surface area contributed by atoms with E-state index in [0.29, 0.717) is 6.54 Å². The van der Waals surface area contributed by atoms with Crippen LogP contribution in [-0.2, 0) is 9.59 Å². The zero-order valence-corrected chi connectivity index (χ0v) is 6.02. The molecule has 0 spiro atoms. The molecule has 10 heavy (non-hydrogen) atoms. The molecule has 0 saturated carbocycles. The number of Topliss-reactive ketones (excluding diaryl/α,β-unsaturated/α-hetero) is 1. The highest BCUT2D eigenvalue weighted by molar-refractivity contribution is 6.01. The second-order valence-electron chi connectivity index (χ2n) is 2.55. The molecular formula is C7H11NO2. The summed E-state index contributed by atoms with van der Waals surface area (Å²) in [5.41, 5.74) is 0. The van der Waals surface area contributed by atoms with Crippen LogP contribution in [0.1, 0.15) is 19.8 Å². The van der Waals surface area contributed by atoms with Crippen LogP contribution in [0.15, 0.2) is 0 Å². The van der Waals surface area contributed by atoms with Crippen molar-refractivity contribution in [3.8, 4) is 0 Å². The van der Waals surface area contributed by atoms with Gasteiger partial charge >= 0.3 is 0 Å². The van der Waals surface area contributed by atoms with E-state index >= 15 is 0 Å². The summed E-state index contributed by atoms with van der Waals surface area (Å²) in [6.45, 7) is 2.49. The van der Waals surface area contributed by atoms with Crippen LogP contribution in [-0.4, -0.2) is 18.2 Å². The fraction of sp³-hybridized carbons (Fsp3) is 0.714. The Hall–Kier alpha value is -0.860. The van der Waals surface area contributed by atoms with Crippen molar-refractivity contribution in [2.75, 3.05) is 6.54 Å². The predicted molar refractivity (Wildman–Crippen MR) is 36.4 cm³/mol. The molecule has 1 N–H and O–H groups in total. The van der Waals surface area contributed by atoms with Gasteiger partial charge in [0.25, 0.3) is 0 Å². The van der Waals surface area contributed by atoms with Gasteiger partial charge in [0.1, 0.15) is 5.78 Å². The molecule has 1 saturated heterocycles. The molecular weight excluding hydrogens is 130 g/mol. The Morgan fingerprint density at radius 2 is 2.30 bits per heavy atom. The molecule has 1 heterocycles. The summed E-state index contributed by atoms with van der Waals surface area (Å²) >= 11 is 0. The van der Waals surface area contributed by atoms with E-state index in [1.807, 2.05) is 6.92 Å². The monoisotopic (exact) mass is 141 g/mol. The third-order valence-corrected chi connectivity index (χ3v) is 1.83. The van der Waals surface area contributed by atoms with Gasteiger partial charge in [-0.25, -0.2) is 0 Å². The molecule has 1 atom stereocenters. The first-order valence-corrected chi connectivity index (χ1v) is 3.53. The minimum Gasteiger partial charge on any atom is -0.355 e. The van der Waals surface area contributed by atoms with Crippen LogP contribution >= 0.6 is 0 Å². The zero-order chi connectivity index (χ0) is 7.56. The standard InChI is InChI=1S/C7H11NO2/c1-2-5-4-8-7(10)3-6(5)9/h5H,2-4H2,1H3,(H,8,10)/t5-/m0/s1. The molecule has 1 rings (SSSR count). The van der Waals surface area contributed by atoms with Gasteiger partial charge in [0.2, 0.25) is 5.91 Å². The first-order chi connectivity index (χ1) is 4.74. The molecule has 1 aliphatic heterocycles. The topological polar surface area (TPSA) is 46.2 Å². The fourth-order valence-corrected chi connectivity index (χ4v) is 1.09. The second kappa shape index (κ2) is 2.82. The SMILES string of the molecule is CC[C@H]1CNC(=O)CC1=O. The van der Waals surface area contributed by atoms with Crippen LogP contribution < -0.4 is 5.32 Å². The Balaban J connectivity index is 2.51. The Bertz CT molecular complexity index is 165. The third-order valence-electron chi connectivity index (χ3n) is 1.83. The summed E-state index contributed by atoms with van der Waals surface area (Å²) in [6, 6.07) is 0. The van der Waals surface area contributed by atoms with E-state index in [0.717, 1.165) is 6.42 Å². The smallest absolute Gasteiger partial charge is 0.227 e. The molecule has 0 aromatic rings. The summed E-state index contributed by atoms with van der Waals surface area (Å²) < 4.78 is 0. The molecule has 0 aromatic heterocycles. The predicted octanol–water partition coefficient (Wildman–Crippen LogP) is 0.102. The Kier molecular flexibility index (Phi) is 2.04. The molecule has 1 amide bonds. The lowest BCUT2D eigenvalue weighted by Gasteiger charge is -2.19. The van der Waals surface area contributed by atoms with Crippen LogP contribution in [0.2, 0.25) is 0 Å². The lowest BCUT2D eigenvalue weighted by Crippen LogP contribution is -2.40. The number of amides is 1. The zero-order valence-electron chi connectivity index (χ0n) is 6.02. The van der Waals surface area contributed by atoms with Gasteiger partial charge in [0.15, 0.2) is 0 Å². The Morgan fingerprint density at radius 1 is 1.60 bits per heavy atom. The van der Waals surface area contributed by atoms with Crippen molar-refractivity contribution in [2.45, 2.75) is 19.8 Å². The molecule has 1 fully saturated rings. The molecule has 3 heteroatoms. The highest BCUT2D eigenvalue weighted by atomic mass is 16.2. The van der Waals surface area contributed by atoms with Gasteiger partial charge in [-0.1, -0.05) is 6.92 Å². The van der Waals surface area contributed by atoms with Gasteiger partial charge in [-0.05, 0) is 6.42 Å². The maximum atomic E-state index is 11.0. The van der Waals surface area contributed by atoms with E-state index in [1.165, 1.54) is 0 Å². The molecule has 0 aromatic carbocycles. The number of carbonyl (C=O) groups is 2. The van der Waals surface area contributed by atoms with E-state index in [1.54, 1.807) is 0 Å². The lowest BCUT2D eigenvalue weighted by molar-refractivity contribution is -0.133. The van der Waals surface area contributed by atoms with Crippen molar-refractivity contribution in [1.29, 1.82) is 0 Å². The number of nitrogens with one attached hydrogen (secondary N) is 1. The van der Waals surface area contributed by atoms with Crippen LogP contribution in [0.25, 0.3) is 0 Å². The quantitative estimate of drug-likeness (QED) is 0.526. The van der Waals surface area contributed by atoms with Crippen LogP contribution in [0, 0.1) is 5.92 Å². The Labute approximate surface area is 59.8 Å². The van der Waals surface area contributed by atoms with E-state index in [-0.39, 0.29) is 24.0 Å². The highest BCUT2D eigenvalue weighted by Gasteiger charge is 2.24. The lowest BCUT2D eigenvalue weighted by atomic mass is 9.95. The number of ketones is 1. The van der Waals surface area contributed by atoms with Crippen LogP contribution in [0.4, 0.5) is 0 Å². The van der Waals surface area contributed by atoms with Gasteiger partial charge in [0, 0.05) is 12.5 Å². The molecule has 3 nitrogen and oxygen atoms in total. The van der Waals surface area contributed by atoms with Crippen molar-refractivity contribution >= 4 is 11.7 Å². The van der Waals surface area contributed by atoms with Crippen molar-refractivity contribution in [3.05, 3.63) is 0 Å². The molecule has 0 aliphatic carbocycles. The number of rotatable bonds is 1. The average Bonchev–Trinajstić information content (AvgIpc) is 1.88. The number of hydrogen-bond acceptors (Lipinski definition) is 2. The number of hydrogen-bond donors (Lipinski definition) is 1. The van der Waals surface area contributed by atoms with Gasteiger partial charge in [-0.3, -0.25) is 9.59 Å². The van der Waals surface area contributed by atoms with Gasteiger partial charge in [0.05, 0.1) is 6.42 Å². The molecule has 0 radical (unpaired) electrons. The average molecular weight is 141 g/mol. The summed E-state index contributed by atoms with van der Waals surface area (Å²) in [7, 11) is 0. The molecule has 0 unspecified atom stereocenters. The summed E-state index contributed by atoms with van der Waals surface area (Å²) in [5, 5.41) is 2.65. The van der Waals surface area contributed by atoms with Crippen molar-refractivity contribution < 1.29 is 9.59 Å². The highest BCUT2D eigenvalue weighted by Crippen LogP contribution is 2.09. The minimum atomic E-state index is -0.130. The molecule has 1 aliphatic rings. The number of carbonyl (C=O) groups excluding carboxylic acids is 2. The van der Waals surface area contributed by atoms with E-state index in [4.69, 9.17) is 0 Å². The van der Waals surface area contributed by atoms with Gasteiger partial charge in [-0.15, -0.1) is 0 Å². The van der Waals surface area contributed by atoms with Crippen LogP contribution in [0.5, 0.6) is 0 Å². The first kappa shape index (κ1) is 7.25. The summed E-state index contributed by atoms with van der Waals surface area (Å²) in [5.74, 6) is 0.0265. The van der Waals surface area contributed by atoms with Crippen molar-refractivity contribution in [2.24, 2.45) is 5.92 Å². The van der Waals surface area contributed by atoms with Crippen molar-refractivity contribution in [3.63, 3.8) is 0 Å². The largest absolute Gasteiger partial charge is 0.355 e. The minimum absolute atomic E-state index is 0.0673. The number of piperidine rings is 1. The van der Waals surface area contributed by atoms with Crippen LogP contribution in [0.3, 0.4) is 0 Å². The third kappa shape index (κ3) is 1.35. The Morgan fingerprint density at radius 3 is 2.80 bits per heavy atom. The van der Waals surface area contributed by atoms with E-state index in [2.05, 4.69) is 5.32 Å². The molecule has 0 bridgehead atoms.